The van der Waals surface area contributed by atoms with Crippen LogP contribution in [0, 0.1) is 0 Å². The molecule has 15 heavy (non-hydrogen) atoms. The Hall–Kier alpha value is -0.700. The van der Waals surface area contributed by atoms with Crippen molar-refractivity contribution in [2.75, 3.05) is 0 Å². The fourth-order valence-corrected chi connectivity index (χ4v) is 1.52. The van der Waals surface area contributed by atoms with Gasteiger partial charge >= 0.3 is 0 Å². The molecule has 2 aromatic rings. The van der Waals surface area contributed by atoms with Crippen molar-refractivity contribution in [2.24, 2.45) is 0 Å². The third-order valence-corrected chi connectivity index (χ3v) is 2.47. The fraction of sp³-hybridized carbons (Fsp3) is 0.100. The topological polar surface area (TPSA) is 30.2 Å². The number of para-hydroxylation sites is 1. The second kappa shape index (κ2) is 3.71. The summed E-state index contributed by atoms with van der Waals surface area (Å²) in [5.41, 5.74) is 0.185. The molecule has 0 spiro atoms. The zero-order chi connectivity index (χ0) is 11.1. The van der Waals surface area contributed by atoms with Crippen LogP contribution in [0.25, 0.3) is 11.0 Å². The first-order valence-electron chi connectivity index (χ1n) is 4.08. The van der Waals surface area contributed by atoms with E-state index in [0.717, 1.165) is 0 Å². The van der Waals surface area contributed by atoms with Gasteiger partial charge in [-0.1, -0.05) is 46.9 Å². The summed E-state index contributed by atoms with van der Waals surface area (Å²) in [6.45, 7) is 0. The lowest BCUT2D eigenvalue weighted by atomic mass is 10.2. The van der Waals surface area contributed by atoms with Crippen LogP contribution in [0.5, 0.6) is 0 Å². The predicted octanol–water partition coefficient (Wildman–Crippen LogP) is 3.62. The van der Waals surface area contributed by atoms with Crippen molar-refractivity contribution in [3.63, 3.8) is 0 Å². The molecule has 0 saturated heterocycles. The van der Waals surface area contributed by atoms with Crippen LogP contribution in [0.4, 0.5) is 0 Å². The van der Waals surface area contributed by atoms with E-state index in [4.69, 9.17) is 39.2 Å². The molecule has 2 rings (SSSR count). The van der Waals surface area contributed by atoms with Gasteiger partial charge in [0.05, 0.1) is 5.39 Å². The summed E-state index contributed by atoms with van der Waals surface area (Å²) in [5, 5.41) is 0.468. The summed E-state index contributed by atoms with van der Waals surface area (Å²) >= 11 is 16.9. The molecule has 78 valence electrons. The first kappa shape index (κ1) is 10.8. The zero-order valence-electron chi connectivity index (χ0n) is 7.34. The molecule has 0 N–H and O–H groups in total. The Labute approximate surface area is 100 Å². The third-order valence-electron chi connectivity index (χ3n) is 1.91. The number of hydrogen-bond donors (Lipinski definition) is 0. The molecule has 0 atom stereocenters. The van der Waals surface area contributed by atoms with Gasteiger partial charge < -0.3 is 4.42 Å². The summed E-state index contributed by atoms with van der Waals surface area (Å²) in [4.78, 5) is 11.6. The van der Waals surface area contributed by atoms with E-state index in [1.165, 1.54) is 6.07 Å². The average molecular weight is 264 g/mol. The van der Waals surface area contributed by atoms with Gasteiger partial charge in [-0.05, 0) is 12.1 Å². The van der Waals surface area contributed by atoms with Gasteiger partial charge in [0.2, 0.25) is 3.79 Å². The average Bonchev–Trinajstić information content (AvgIpc) is 2.16. The maximum absolute atomic E-state index is 11.6. The van der Waals surface area contributed by atoms with E-state index < -0.39 is 3.79 Å². The maximum Gasteiger partial charge on any atom is 0.248 e. The van der Waals surface area contributed by atoms with Gasteiger partial charge in [-0.25, -0.2) is 0 Å². The van der Waals surface area contributed by atoms with Gasteiger partial charge in [-0.3, -0.25) is 4.79 Å². The molecule has 1 heterocycles. The second-order valence-electron chi connectivity index (χ2n) is 2.97. The van der Waals surface area contributed by atoms with Crippen LogP contribution in [0.3, 0.4) is 0 Å². The summed E-state index contributed by atoms with van der Waals surface area (Å²) in [7, 11) is 0. The van der Waals surface area contributed by atoms with Crippen molar-refractivity contribution in [1.29, 1.82) is 0 Å². The van der Waals surface area contributed by atoms with Crippen molar-refractivity contribution in [3.8, 4) is 0 Å². The number of hydrogen-bond acceptors (Lipinski definition) is 2. The number of fused-ring (bicyclic) bond motifs is 1. The summed E-state index contributed by atoms with van der Waals surface area (Å²) in [6.07, 6.45) is 0. The zero-order valence-corrected chi connectivity index (χ0v) is 9.60. The van der Waals surface area contributed by atoms with E-state index >= 15 is 0 Å². The lowest BCUT2D eigenvalue weighted by molar-refractivity contribution is 0.545. The summed E-state index contributed by atoms with van der Waals surface area (Å²) < 4.78 is 3.59. The first-order valence-corrected chi connectivity index (χ1v) is 5.22. The Morgan fingerprint density at radius 2 is 1.80 bits per heavy atom. The Morgan fingerprint density at radius 1 is 1.13 bits per heavy atom. The van der Waals surface area contributed by atoms with E-state index in [1.54, 1.807) is 24.3 Å². The first-order chi connectivity index (χ1) is 6.98. The smallest absolute Gasteiger partial charge is 0.248 e. The van der Waals surface area contributed by atoms with Crippen molar-refractivity contribution in [1.82, 2.24) is 0 Å². The van der Waals surface area contributed by atoms with Gasteiger partial charge in [0.15, 0.2) is 11.2 Å². The molecule has 1 aromatic carbocycles. The Bertz CT molecular complexity index is 554. The molecule has 0 unspecified atom stereocenters. The van der Waals surface area contributed by atoms with Crippen LogP contribution in [-0.4, -0.2) is 0 Å². The molecule has 1 aromatic heterocycles. The standard InChI is InChI=1S/C10H5Cl3O2/c11-10(12,13)9-5-7(14)6-3-1-2-4-8(6)15-9/h1-5H. The normalized spacial score (nSPS) is 11.9. The fourth-order valence-electron chi connectivity index (χ4n) is 1.24. The minimum Gasteiger partial charge on any atom is -0.456 e. The minimum absolute atomic E-state index is 0.0243. The van der Waals surface area contributed by atoms with Crippen LogP contribution in [0.1, 0.15) is 5.76 Å². The van der Waals surface area contributed by atoms with Crippen molar-refractivity contribution >= 4 is 45.8 Å². The lowest BCUT2D eigenvalue weighted by Crippen LogP contribution is -2.07. The van der Waals surface area contributed by atoms with Gasteiger partial charge in [0.1, 0.15) is 5.58 Å². The number of halogens is 3. The molecule has 0 fully saturated rings. The molecular formula is C10H5Cl3O2. The number of alkyl halides is 3. The molecule has 5 heteroatoms. The molecule has 0 saturated carbocycles. The van der Waals surface area contributed by atoms with E-state index in [2.05, 4.69) is 0 Å². The molecule has 0 aliphatic heterocycles. The van der Waals surface area contributed by atoms with E-state index in [0.29, 0.717) is 11.0 Å². The number of rotatable bonds is 0. The van der Waals surface area contributed by atoms with Gasteiger partial charge in [-0.2, -0.15) is 0 Å². The van der Waals surface area contributed by atoms with Crippen molar-refractivity contribution in [3.05, 3.63) is 46.3 Å². The van der Waals surface area contributed by atoms with Gasteiger partial charge in [0, 0.05) is 6.07 Å². The molecule has 0 aliphatic carbocycles. The highest BCUT2D eigenvalue weighted by Crippen LogP contribution is 2.38. The molecular weight excluding hydrogens is 258 g/mol. The van der Waals surface area contributed by atoms with Crippen LogP contribution < -0.4 is 5.43 Å². The highest BCUT2D eigenvalue weighted by molar-refractivity contribution is 6.66. The molecule has 0 radical (unpaired) electrons. The van der Waals surface area contributed by atoms with E-state index in [1.807, 2.05) is 0 Å². The van der Waals surface area contributed by atoms with Crippen LogP contribution in [-0.2, 0) is 3.79 Å². The van der Waals surface area contributed by atoms with Gasteiger partial charge in [-0.15, -0.1) is 0 Å². The summed E-state index contributed by atoms with van der Waals surface area (Å²) in [6, 6.07) is 7.98. The summed E-state index contributed by atoms with van der Waals surface area (Å²) in [5.74, 6) is 0.0243. The lowest BCUT2D eigenvalue weighted by Gasteiger charge is -2.09. The largest absolute Gasteiger partial charge is 0.456 e. The Morgan fingerprint density at radius 3 is 2.47 bits per heavy atom. The Balaban J connectivity index is 2.79. The molecule has 2 nitrogen and oxygen atoms in total. The monoisotopic (exact) mass is 262 g/mol. The highest BCUT2D eigenvalue weighted by Gasteiger charge is 2.27. The van der Waals surface area contributed by atoms with E-state index in [9.17, 15) is 4.79 Å². The Kier molecular flexibility index (Phi) is 2.67. The van der Waals surface area contributed by atoms with Crippen LogP contribution in [0.15, 0.2) is 39.5 Å². The van der Waals surface area contributed by atoms with Crippen molar-refractivity contribution in [2.45, 2.75) is 3.79 Å². The third kappa shape index (κ3) is 2.12. The molecule has 0 aliphatic rings. The number of benzene rings is 1. The highest BCUT2D eigenvalue weighted by atomic mass is 35.6. The molecule has 0 bridgehead atoms. The SMILES string of the molecule is O=c1cc(C(Cl)(Cl)Cl)oc2ccccc12. The second-order valence-corrected chi connectivity index (χ2v) is 5.25. The maximum atomic E-state index is 11.6. The van der Waals surface area contributed by atoms with Crippen molar-refractivity contribution < 1.29 is 4.42 Å². The van der Waals surface area contributed by atoms with Crippen LogP contribution in [0.2, 0.25) is 0 Å². The van der Waals surface area contributed by atoms with Gasteiger partial charge in [0.25, 0.3) is 0 Å². The quantitative estimate of drug-likeness (QED) is 0.680. The predicted molar refractivity (Wildman–Crippen MR) is 61.7 cm³/mol. The van der Waals surface area contributed by atoms with Crippen LogP contribution >= 0.6 is 34.8 Å². The van der Waals surface area contributed by atoms with E-state index in [-0.39, 0.29) is 11.2 Å². The minimum atomic E-state index is -1.72. The molecule has 0 amide bonds.